The molecule has 1 amide bonds. The van der Waals surface area contributed by atoms with Gasteiger partial charge in [-0.25, -0.2) is 8.42 Å². The molecular formula is C21H22N2O4S2. The summed E-state index contributed by atoms with van der Waals surface area (Å²) >= 11 is 1.39. The lowest BCUT2D eigenvalue weighted by Crippen LogP contribution is -2.37. The van der Waals surface area contributed by atoms with Crippen molar-refractivity contribution in [2.75, 3.05) is 23.5 Å². The summed E-state index contributed by atoms with van der Waals surface area (Å²) in [6.07, 6.45) is 0.184. The van der Waals surface area contributed by atoms with Gasteiger partial charge in [-0.1, -0.05) is 36.0 Å². The first kappa shape index (κ1) is 20.0. The molecule has 29 heavy (non-hydrogen) atoms. The standard InChI is InChI=1S/C21H22N2O4S2/c1-14-4-3-5-16(10-14)23-18-12-29(25,26)13-19(18)28-21(23)22-20(24)11-15-6-8-17(27-2)9-7-15/h3-10,18-19H,11-13H2,1-2H3. The number of methoxy groups -OCH3 is 1. The number of ether oxygens (including phenoxy) is 1. The van der Waals surface area contributed by atoms with Gasteiger partial charge >= 0.3 is 0 Å². The topological polar surface area (TPSA) is 76.0 Å². The molecule has 0 spiro atoms. The van der Waals surface area contributed by atoms with Crippen molar-refractivity contribution >= 4 is 38.4 Å². The molecular weight excluding hydrogens is 408 g/mol. The SMILES string of the molecule is COc1ccc(CC(=O)N=C2SC3CS(=O)(=O)CC3N2c2cccc(C)c2)cc1. The summed E-state index contributed by atoms with van der Waals surface area (Å²) in [5, 5.41) is 0.479. The number of nitrogens with zero attached hydrogens (tertiary/aromatic N) is 2. The van der Waals surface area contributed by atoms with E-state index < -0.39 is 9.84 Å². The number of thioether (sulfide) groups is 1. The smallest absolute Gasteiger partial charge is 0.252 e. The minimum atomic E-state index is -3.08. The van der Waals surface area contributed by atoms with Crippen LogP contribution in [-0.2, 0) is 21.1 Å². The number of carbonyl (C=O) groups excluding carboxylic acids is 1. The van der Waals surface area contributed by atoms with Crippen LogP contribution in [0, 0.1) is 6.92 Å². The van der Waals surface area contributed by atoms with E-state index >= 15 is 0 Å². The Morgan fingerprint density at radius 1 is 1.21 bits per heavy atom. The van der Waals surface area contributed by atoms with E-state index in [1.807, 2.05) is 60.4 Å². The Hall–Kier alpha value is -2.32. The summed E-state index contributed by atoms with van der Waals surface area (Å²) in [7, 11) is -1.48. The zero-order valence-corrected chi connectivity index (χ0v) is 17.9. The highest BCUT2D eigenvalue weighted by Gasteiger charge is 2.49. The number of carbonyl (C=O) groups is 1. The summed E-state index contributed by atoms with van der Waals surface area (Å²) in [5.74, 6) is 0.692. The van der Waals surface area contributed by atoms with E-state index in [9.17, 15) is 13.2 Å². The number of aryl methyl sites for hydroxylation is 1. The molecule has 2 heterocycles. The van der Waals surface area contributed by atoms with Crippen LogP contribution >= 0.6 is 11.8 Å². The van der Waals surface area contributed by atoms with E-state index in [0.29, 0.717) is 5.17 Å². The molecule has 8 heteroatoms. The van der Waals surface area contributed by atoms with E-state index in [0.717, 1.165) is 22.6 Å². The second-order valence-electron chi connectivity index (χ2n) is 7.32. The highest BCUT2D eigenvalue weighted by Crippen LogP contribution is 2.41. The fourth-order valence-electron chi connectivity index (χ4n) is 3.71. The normalized spacial score (nSPS) is 23.9. The van der Waals surface area contributed by atoms with Crippen LogP contribution in [0.2, 0.25) is 0 Å². The molecule has 6 nitrogen and oxygen atoms in total. The molecule has 2 aromatic rings. The average Bonchev–Trinajstić information content (AvgIpc) is 3.12. The molecule has 0 saturated carbocycles. The van der Waals surface area contributed by atoms with Crippen LogP contribution in [0.5, 0.6) is 5.75 Å². The van der Waals surface area contributed by atoms with Crippen LogP contribution in [0.15, 0.2) is 53.5 Å². The Balaban J connectivity index is 1.61. The Morgan fingerprint density at radius 3 is 2.66 bits per heavy atom. The molecule has 152 valence electrons. The zero-order valence-electron chi connectivity index (χ0n) is 16.2. The van der Waals surface area contributed by atoms with Gasteiger partial charge in [0, 0.05) is 10.9 Å². The molecule has 2 aliphatic heterocycles. The molecule has 0 radical (unpaired) electrons. The molecule has 2 saturated heterocycles. The number of anilines is 1. The van der Waals surface area contributed by atoms with Crippen LogP contribution in [-0.4, -0.2) is 49.4 Å². The van der Waals surface area contributed by atoms with Crippen molar-refractivity contribution in [2.45, 2.75) is 24.6 Å². The van der Waals surface area contributed by atoms with E-state index in [1.165, 1.54) is 11.8 Å². The van der Waals surface area contributed by atoms with Crippen LogP contribution in [0.25, 0.3) is 0 Å². The molecule has 2 aromatic carbocycles. The van der Waals surface area contributed by atoms with E-state index in [1.54, 1.807) is 7.11 Å². The largest absolute Gasteiger partial charge is 0.497 e. The maximum Gasteiger partial charge on any atom is 0.252 e. The third-order valence-corrected chi connectivity index (χ3v) is 8.29. The number of fused-ring (bicyclic) bond motifs is 1. The first-order valence-corrected chi connectivity index (χ1v) is 12.0. The Labute approximate surface area is 174 Å². The molecule has 2 fully saturated rings. The lowest BCUT2D eigenvalue weighted by Gasteiger charge is -2.24. The minimum absolute atomic E-state index is 0.0876. The van der Waals surface area contributed by atoms with Gasteiger partial charge in [0.15, 0.2) is 15.0 Å². The number of amidine groups is 1. The third-order valence-electron chi connectivity index (χ3n) is 5.08. The highest BCUT2D eigenvalue weighted by atomic mass is 32.2. The van der Waals surface area contributed by atoms with Crippen molar-refractivity contribution in [1.29, 1.82) is 0 Å². The van der Waals surface area contributed by atoms with Crippen molar-refractivity contribution in [2.24, 2.45) is 4.99 Å². The Kier molecular flexibility index (Phi) is 5.40. The first-order chi connectivity index (χ1) is 13.8. The molecule has 2 aliphatic rings. The summed E-state index contributed by atoms with van der Waals surface area (Å²) in [4.78, 5) is 18.9. The number of hydrogen-bond donors (Lipinski definition) is 0. The van der Waals surface area contributed by atoms with Crippen LogP contribution in [0.3, 0.4) is 0 Å². The summed E-state index contributed by atoms with van der Waals surface area (Å²) in [6.45, 7) is 1.99. The predicted octanol–water partition coefficient (Wildman–Crippen LogP) is 2.85. The lowest BCUT2D eigenvalue weighted by atomic mass is 10.1. The number of rotatable bonds is 4. The fourth-order valence-corrected chi connectivity index (χ4v) is 7.64. The molecule has 0 bridgehead atoms. The Morgan fingerprint density at radius 2 is 1.97 bits per heavy atom. The Bertz CT molecular complexity index is 1060. The van der Waals surface area contributed by atoms with Crippen LogP contribution in [0.4, 0.5) is 5.69 Å². The highest BCUT2D eigenvalue weighted by molar-refractivity contribution is 8.16. The second kappa shape index (κ2) is 7.84. The maximum absolute atomic E-state index is 12.6. The zero-order chi connectivity index (χ0) is 20.6. The lowest BCUT2D eigenvalue weighted by molar-refractivity contribution is -0.117. The van der Waals surface area contributed by atoms with Gasteiger partial charge in [0.1, 0.15) is 5.75 Å². The summed E-state index contributed by atoms with van der Waals surface area (Å²) < 4.78 is 29.4. The average molecular weight is 431 g/mol. The van der Waals surface area contributed by atoms with Gasteiger partial charge in [-0.05, 0) is 42.3 Å². The van der Waals surface area contributed by atoms with Crippen molar-refractivity contribution in [1.82, 2.24) is 0 Å². The number of benzene rings is 2. The van der Waals surface area contributed by atoms with Gasteiger partial charge in [-0.2, -0.15) is 4.99 Å². The van der Waals surface area contributed by atoms with Crippen LogP contribution in [0.1, 0.15) is 11.1 Å². The molecule has 4 rings (SSSR count). The van der Waals surface area contributed by atoms with Crippen molar-refractivity contribution in [3.05, 3.63) is 59.7 Å². The monoisotopic (exact) mass is 430 g/mol. The van der Waals surface area contributed by atoms with Crippen molar-refractivity contribution < 1.29 is 17.9 Å². The quantitative estimate of drug-likeness (QED) is 0.743. The molecule has 2 atom stereocenters. The first-order valence-electron chi connectivity index (χ1n) is 9.32. The van der Waals surface area contributed by atoms with E-state index in [4.69, 9.17) is 4.74 Å². The van der Waals surface area contributed by atoms with E-state index in [-0.39, 0.29) is 35.1 Å². The molecule has 2 unspecified atom stereocenters. The van der Waals surface area contributed by atoms with Gasteiger partial charge in [0.05, 0.1) is 31.1 Å². The number of aliphatic imine (C=N–C) groups is 1. The summed E-state index contributed by atoms with van der Waals surface area (Å²) in [5.41, 5.74) is 2.80. The molecule has 0 N–H and O–H groups in total. The number of hydrogen-bond acceptors (Lipinski definition) is 5. The van der Waals surface area contributed by atoms with Crippen LogP contribution < -0.4 is 9.64 Å². The molecule has 0 aromatic heterocycles. The van der Waals surface area contributed by atoms with Crippen molar-refractivity contribution in [3.8, 4) is 5.75 Å². The van der Waals surface area contributed by atoms with E-state index in [2.05, 4.69) is 4.99 Å². The van der Waals surface area contributed by atoms with Gasteiger partial charge in [-0.15, -0.1) is 0 Å². The van der Waals surface area contributed by atoms with Gasteiger partial charge in [-0.3, -0.25) is 4.79 Å². The number of amides is 1. The molecule has 0 aliphatic carbocycles. The third kappa shape index (κ3) is 4.33. The van der Waals surface area contributed by atoms with Gasteiger partial charge in [0.25, 0.3) is 5.91 Å². The predicted molar refractivity (Wildman–Crippen MR) is 117 cm³/mol. The summed E-state index contributed by atoms with van der Waals surface area (Å²) in [6, 6.07) is 15.0. The second-order valence-corrected chi connectivity index (χ2v) is 10.7. The van der Waals surface area contributed by atoms with Crippen molar-refractivity contribution in [3.63, 3.8) is 0 Å². The fraction of sp³-hybridized carbons (Fsp3) is 0.333. The number of sulfone groups is 1. The van der Waals surface area contributed by atoms with Gasteiger partial charge < -0.3 is 9.64 Å². The van der Waals surface area contributed by atoms with Gasteiger partial charge in [0.2, 0.25) is 0 Å². The maximum atomic E-state index is 12.6. The minimum Gasteiger partial charge on any atom is -0.497 e.